The summed E-state index contributed by atoms with van der Waals surface area (Å²) in [4.78, 5) is 9.56. The molecule has 0 aliphatic rings. The first kappa shape index (κ1) is 11.0. The van der Waals surface area contributed by atoms with Crippen LogP contribution in [0.15, 0.2) is 36.5 Å². The summed E-state index contributed by atoms with van der Waals surface area (Å²) in [6.07, 6.45) is 1.73. The summed E-state index contributed by atoms with van der Waals surface area (Å²) in [6, 6.07) is 8.84. The number of ether oxygens (including phenoxy) is 1. The van der Waals surface area contributed by atoms with E-state index in [0.717, 1.165) is 15.4 Å². The van der Waals surface area contributed by atoms with Crippen molar-refractivity contribution < 1.29 is 9.84 Å². The van der Waals surface area contributed by atoms with Gasteiger partial charge < -0.3 is 9.84 Å². The Kier molecular flexibility index (Phi) is 2.60. The number of hydrogen-bond acceptors (Lipinski definition) is 5. The summed E-state index contributed by atoms with van der Waals surface area (Å²) in [6.45, 7) is 0. The van der Waals surface area contributed by atoms with E-state index in [1.165, 1.54) is 11.3 Å². The molecule has 0 aliphatic heterocycles. The smallest absolute Gasteiger partial charge is 0.143 e. The molecule has 0 radical (unpaired) electrons. The molecular formula is C13H10N2O2S. The number of methoxy groups -OCH3 is 1. The fourth-order valence-corrected chi connectivity index (χ4v) is 2.63. The summed E-state index contributed by atoms with van der Waals surface area (Å²) in [5.74, 6) is 0.880. The molecule has 0 bridgehead atoms. The highest BCUT2D eigenvalue weighted by Crippen LogP contribution is 2.36. The molecule has 0 saturated heterocycles. The number of hydrogen-bond donors (Lipinski definition) is 1. The zero-order valence-corrected chi connectivity index (χ0v) is 10.4. The predicted molar refractivity (Wildman–Crippen MR) is 71.1 cm³/mol. The zero-order chi connectivity index (χ0) is 12.5. The van der Waals surface area contributed by atoms with Crippen molar-refractivity contribution >= 4 is 21.7 Å². The standard InChI is InChI=1S/C13H10N2O2S/c1-17-8-4-5-11(16)9(7-8)12-15-10-3-2-6-14-13(10)18-12/h2-7,16H,1H3. The molecule has 90 valence electrons. The number of phenols is 1. The second-order valence-electron chi connectivity index (χ2n) is 3.73. The molecule has 0 saturated carbocycles. The molecule has 3 rings (SSSR count). The number of rotatable bonds is 2. The Hall–Kier alpha value is -2.14. The van der Waals surface area contributed by atoms with Gasteiger partial charge in [-0.3, -0.25) is 0 Å². The van der Waals surface area contributed by atoms with Crippen molar-refractivity contribution in [3.63, 3.8) is 0 Å². The molecule has 0 atom stereocenters. The Morgan fingerprint density at radius 2 is 2.17 bits per heavy atom. The lowest BCUT2D eigenvalue weighted by Gasteiger charge is -2.04. The van der Waals surface area contributed by atoms with E-state index in [0.29, 0.717) is 11.3 Å². The zero-order valence-electron chi connectivity index (χ0n) is 9.62. The Morgan fingerprint density at radius 1 is 1.28 bits per heavy atom. The Bertz CT molecular complexity index is 676. The molecule has 0 spiro atoms. The second kappa shape index (κ2) is 4.27. The number of thiazole rings is 1. The molecule has 0 aliphatic carbocycles. The van der Waals surface area contributed by atoms with Crippen molar-refractivity contribution in [2.45, 2.75) is 0 Å². The van der Waals surface area contributed by atoms with Crippen LogP contribution in [0.5, 0.6) is 11.5 Å². The van der Waals surface area contributed by atoms with Gasteiger partial charge in [0.05, 0.1) is 12.7 Å². The summed E-state index contributed by atoms with van der Waals surface area (Å²) in [7, 11) is 1.59. The Morgan fingerprint density at radius 3 is 2.94 bits per heavy atom. The molecule has 4 nitrogen and oxygen atoms in total. The number of nitrogens with zero attached hydrogens (tertiary/aromatic N) is 2. The van der Waals surface area contributed by atoms with Gasteiger partial charge in [0.15, 0.2) is 0 Å². The van der Waals surface area contributed by atoms with E-state index >= 15 is 0 Å². The first-order valence-corrected chi connectivity index (χ1v) is 6.18. The van der Waals surface area contributed by atoms with Crippen molar-refractivity contribution in [1.29, 1.82) is 0 Å². The maximum Gasteiger partial charge on any atom is 0.143 e. The SMILES string of the molecule is COc1ccc(O)c(-c2nc3cccnc3s2)c1. The van der Waals surface area contributed by atoms with Crippen LogP contribution in [0.4, 0.5) is 0 Å². The van der Waals surface area contributed by atoms with Crippen LogP contribution in [-0.4, -0.2) is 22.2 Å². The van der Waals surface area contributed by atoms with Crippen LogP contribution in [0.2, 0.25) is 0 Å². The number of fused-ring (bicyclic) bond motifs is 1. The van der Waals surface area contributed by atoms with Crippen LogP contribution in [0.3, 0.4) is 0 Å². The highest BCUT2D eigenvalue weighted by atomic mass is 32.1. The first-order valence-electron chi connectivity index (χ1n) is 5.37. The second-order valence-corrected chi connectivity index (χ2v) is 4.71. The summed E-state index contributed by atoms with van der Waals surface area (Å²) in [5.41, 5.74) is 1.50. The van der Waals surface area contributed by atoms with Crippen LogP contribution in [0.1, 0.15) is 0 Å². The summed E-state index contributed by atoms with van der Waals surface area (Å²) >= 11 is 1.45. The number of pyridine rings is 1. The molecular weight excluding hydrogens is 248 g/mol. The van der Waals surface area contributed by atoms with Gasteiger partial charge in [-0.05, 0) is 30.3 Å². The molecule has 1 N–H and O–H groups in total. The van der Waals surface area contributed by atoms with Gasteiger partial charge in [-0.15, -0.1) is 0 Å². The van der Waals surface area contributed by atoms with Gasteiger partial charge >= 0.3 is 0 Å². The third-order valence-corrected chi connectivity index (χ3v) is 3.61. The number of aromatic nitrogens is 2. The van der Waals surface area contributed by atoms with Crippen molar-refractivity contribution in [1.82, 2.24) is 9.97 Å². The molecule has 2 heterocycles. The lowest BCUT2D eigenvalue weighted by atomic mass is 10.2. The van der Waals surface area contributed by atoms with Gasteiger partial charge in [0, 0.05) is 6.20 Å². The van der Waals surface area contributed by atoms with E-state index in [4.69, 9.17) is 4.74 Å². The molecule has 0 unspecified atom stereocenters. The Balaban J connectivity index is 2.19. The molecule has 1 aromatic carbocycles. The number of aromatic hydroxyl groups is 1. The van der Waals surface area contributed by atoms with E-state index in [1.54, 1.807) is 31.5 Å². The lowest BCUT2D eigenvalue weighted by molar-refractivity contribution is 0.412. The fraction of sp³-hybridized carbons (Fsp3) is 0.0769. The summed E-state index contributed by atoms with van der Waals surface area (Å²) in [5, 5.41) is 10.6. The largest absolute Gasteiger partial charge is 0.507 e. The number of benzene rings is 1. The van der Waals surface area contributed by atoms with E-state index in [9.17, 15) is 5.11 Å². The average molecular weight is 258 g/mol. The molecule has 18 heavy (non-hydrogen) atoms. The van der Waals surface area contributed by atoms with Gasteiger partial charge in [-0.1, -0.05) is 11.3 Å². The first-order chi connectivity index (χ1) is 8.78. The van der Waals surface area contributed by atoms with Gasteiger partial charge in [0.2, 0.25) is 0 Å². The van der Waals surface area contributed by atoms with Gasteiger partial charge in [-0.25, -0.2) is 9.97 Å². The van der Waals surface area contributed by atoms with Gasteiger partial charge in [0.25, 0.3) is 0 Å². The van der Waals surface area contributed by atoms with Crippen LogP contribution in [0.25, 0.3) is 20.9 Å². The third kappa shape index (κ3) is 1.78. The van der Waals surface area contributed by atoms with E-state index in [2.05, 4.69) is 9.97 Å². The third-order valence-electron chi connectivity index (χ3n) is 2.60. The summed E-state index contributed by atoms with van der Waals surface area (Å²) < 4.78 is 5.16. The molecule has 2 aromatic heterocycles. The molecule has 5 heteroatoms. The van der Waals surface area contributed by atoms with Crippen molar-refractivity contribution in [2.75, 3.05) is 7.11 Å². The van der Waals surface area contributed by atoms with E-state index in [-0.39, 0.29) is 5.75 Å². The minimum atomic E-state index is 0.190. The number of phenolic OH excluding ortho intramolecular Hbond substituents is 1. The monoisotopic (exact) mass is 258 g/mol. The highest BCUT2D eigenvalue weighted by Gasteiger charge is 2.11. The van der Waals surface area contributed by atoms with Crippen molar-refractivity contribution in [3.8, 4) is 22.1 Å². The maximum atomic E-state index is 9.90. The van der Waals surface area contributed by atoms with Gasteiger partial charge in [0.1, 0.15) is 26.9 Å². The van der Waals surface area contributed by atoms with Crippen LogP contribution < -0.4 is 4.74 Å². The minimum Gasteiger partial charge on any atom is -0.507 e. The van der Waals surface area contributed by atoms with Crippen molar-refractivity contribution in [3.05, 3.63) is 36.5 Å². The van der Waals surface area contributed by atoms with Gasteiger partial charge in [-0.2, -0.15) is 0 Å². The maximum absolute atomic E-state index is 9.90. The van der Waals surface area contributed by atoms with Crippen molar-refractivity contribution in [2.24, 2.45) is 0 Å². The quantitative estimate of drug-likeness (QED) is 0.767. The highest BCUT2D eigenvalue weighted by molar-refractivity contribution is 7.21. The molecule has 0 fully saturated rings. The molecule has 0 amide bonds. The minimum absolute atomic E-state index is 0.190. The fourth-order valence-electron chi connectivity index (χ4n) is 1.70. The van der Waals surface area contributed by atoms with Crippen LogP contribution >= 0.6 is 11.3 Å². The van der Waals surface area contributed by atoms with E-state index < -0.39 is 0 Å². The van der Waals surface area contributed by atoms with Crippen LogP contribution in [-0.2, 0) is 0 Å². The topological polar surface area (TPSA) is 55.2 Å². The normalized spacial score (nSPS) is 10.7. The average Bonchev–Trinajstić information content (AvgIpc) is 2.82. The molecule has 3 aromatic rings. The predicted octanol–water partition coefficient (Wildman–Crippen LogP) is 3.07. The van der Waals surface area contributed by atoms with E-state index in [1.807, 2.05) is 12.1 Å². The lowest BCUT2D eigenvalue weighted by Crippen LogP contribution is -1.84. The van der Waals surface area contributed by atoms with Crippen LogP contribution in [0, 0.1) is 0 Å². The Labute approximate surface area is 108 Å².